The van der Waals surface area contributed by atoms with E-state index in [9.17, 15) is 9.90 Å². The number of rotatable bonds is 9. The van der Waals surface area contributed by atoms with E-state index in [4.69, 9.17) is 5.73 Å². The molecule has 32 heavy (non-hydrogen) atoms. The molecule has 0 bridgehead atoms. The highest BCUT2D eigenvalue weighted by atomic mass is 16.3. The first-order valence-corrected chi connectivity index (χ1v) is 11.1. The molecule has 0 saturated heterocycles. The van der Waals surface area contributed by atoms with E-state index in [1.807, 2.05) is 32.0 Å². The summed E-state index contributed by atoms with van der Waals surface area (Å²) >= 11 is 0. The lowest BCUT2D eigenvalue weighted by molar-refractivity contribution is -0.122. The van der Waals surface area contributed by atoms with Crippen molar-refractivity contribution in [1.82, 2.24) is 5.32 Å². The predicted octanol–water partition coefficient (Wildman–Crippen LogP) is 4.22. The summed E-state index contributed by atoms with van der Waals surface area (Å²) < 4.78 is 0. The van der Waals surface area contributed by atoms with Gasteiger partial charge in [0.05, 0.1) is 6.04 Å². The number of benzene rings is 3. The van der Waals surface area contributed by atoms with Crippen LogP contribution in [0.3, 0.4) is 0 Å². The van der Waals surface area contributed by atoms with Crippen LogP contribution in [0.2, 0.25) is 0 Å². The van der Waals surface area contributed by atoms with Gasteiger partial charge in [-0.1, -0.05) is 42.5 Å². The average Bonchev–Trinajstić information content (AvgIpc) is 2.76. The molecule has 5 nitrogen and oxygen atoms in total. The molecule has 0 radical (unpaired) electrons. The summed E-state index contributed by atoms with van der Waals surface area (Å²) in [6.07, 6.45) is 1.27. The Morgan fingerprint density at radius 3 is 2.34 bits per heavy atom. The molecule has 0 saturated carbocycles. The number of hydrogen-bond donors (Lipinski definition) is 4. The monoisotopic (exact) mass is 431 g/mol. The second-order valence-electron chi connectivity index (χ2n) is 8.27. The Morgan fingerprint density at radius 2 is 1.69 bits per heavy atom. The number of carbonyl (C=O) groups excluding carboxylic acids is 1. The fourth-order valence-corrected chi connectivity index (χ4v) is 4.02. The third-order valence-corrected chi connectivity index (χ3v) is 5.68. The van der Waals surface area contributed by atoms with Gasteiger partial charge in [-0.15, -0.1) is 0 Å². The zero-order valence-corrected chi connectivity index (χ0v) is 19.1. The Morgan fingerprint density at radius 1 is 1.00 bits per heavy atom. The summed E-state index contributed by atoms with van der Waals surface area (Å²) in [5.41, 5.74) is 13.6. The van der Waals surface area contributed by atoms with Crippen molar-refractivity contribution in [3.8, 4) is 5.75 Å². The minimum Gasteiger partial charge on any atom is -0.508 e. The van der Waals surface area contributed by atoms with Crippen molar-refractivity contribution >= 4 is 11.6 Å². The molecule has 0 unspecified atom stereocenters. The molecule has 168 valence electrons. The van der Waals surface area contributed by atoms with Crippen LogP contribution in [0.25, 0.3) is 0 Å². The van der Waals surface area contributed by atoms with Crippen LogP contribution in [0.4, 0.5) is 5.69 Å². The third kappa shape index (κ3) is 6.11. The van der Waals surface area contributed by atoms with E-state index < -0.39 is 6.04 Å². The van der Waals surface area contributed by atoms with Crippen LogP contribution in [0.15, 0.2) is 60.7 Å². The normalized spacial score (nSPS) is 11.8. The van der Waals surface area contributed by atoms with E-state index in [0.29, 0.717) is 13.0 Å². The lowest BCUT2D eigenvalue weighted by Gasteiger charge is -2.18. The molecule has 0 aliphatic carbocycles. The van der Waals surface area contributed by atoms with Gasteiger partial charge in [0, 0.05) is 18.8 Å². The van der Waals surface area contributed by atoms with Crippen LogP contribution in [0, 0.1) is 13.8 Å². The largest absolute Gasteiger partial charge is 0.508 e. The molecular weight excluding hydrogens is 398 g/mol. The molecule has 3 aromatic rings. The van der Waals surface area contributed by atoms with Crippen molar-refractivity contribution in [3.63, 3.8) is 0 Å². The second-order valence-corrected chi connectivity index (χ2v) is 8.27. The topological polar surface area (TPSA) is 87.4 Å². The minimum absolute atomic E-state index is 0.187. The highest BCUT2D eigenvalue weighted by Gasteiger charge is 2.17. The van der Waals surface area contributed by atoms with Gasteiger partial charge in [0.25, 0.3) is 0 Å². The maximum absolute atomic E-state index is 12.7. The molecule has 1 amide bonds. The van der Waals surface area contributed by atoms with Gasteiger partial charge < -0.3 is 21.5 Å². The number of aromatic hydroxyl groups is 1. The van der Waals surface area contributed by atoms with E-state index in [1.54, 1.807) is 12.1 Å². The average molecular weight is 432 g/mol. The Labute approximate surface area is 190 Å². The lowest BCUT2D eigenvalue weighted by atomic mass is 9.96. The van der Waals surface area contributed by atoms with Gasteiger partial charge in [0.15, 0.2) is 0 Å². The number of hydrogen-bond acceptors (Lipinski definition) is 4. The summed E-state index contributed by atoms with van der Waals surface area (Å²) in [5.74, 6) is 0.0425. The highest BCUT2D eigenvalue weighted by molar-refractivity contribution is 5.82. The number of aryl methyl sites for hydroxylation is 2. The molecule has 0 aromatic heterocycles. The fourth-order valence-electron chi connectivity index (χ4n) is 4.02. The molecule has 0 fully saturated rings. The van der Waals surface area contributed by atoms with Gasteiger partial charge in [0.2, 0.25) is 5.91 Å². The maximum atomic E-state index is 12.7. The number of nitrogens with two attached hydrogens (primary N) is 1. The number of nitrogens with one attached hydrogen (secondary N) is 2. The van der Waals surface area contributed by atoms with Gasteiger partial charge in [-0.25, -0.2) is 0 Å². The lowest BCUT2D eigenvalue weighted by Crippen LogP contribution is -2.42. The zero-order chi connectivity index (χ0) is 23.1. The predicted molar refractivity (Wildman–Crippen MR) is 131 cm³/mol. The summed E-state index contributed by atoms with van der Waals surface area (Å²) in [6, 6.07) is 19.4. The van der Waals surface area contributed by atoms with E-state index in [-0.39, 0.29) is 11.7 Å². The molecule has 0 aliphatic heterocycles. The molecular formula is C27H33N3O2. The van der Waals surface area contributed by atoms with Gasteiger partial charge in [-0.2, -0.15) is 0 Å². The molecule has 0 heterocycles. The minimum atomic E-state index is -0.660. The zero-order valence-electron chi connectivity index (χ0n) is 19.1. The molecule has 0 spiro atoms. The van der Waals surface area contributed by atoms with Crippen LogP contribution in [0.1, 0.15) is 40.3 Å². The Kier molecular flexibility index (Phi) is 7.90. The van der Waals surface area contributed by atoms with Crippen molar-refractivity contribution in [2.24, 2.45) is 5.73 Å². The van der Waals surface area contributed by atoms with Crippen LogP contribution in [-0.4, -0.2) is 23.6 Å². The second kappa shape index (κ2) is 10.8. The first-order valence-electron chi connectivity index (χ1n) is 11.1. The van der Waals surface area contributed by atoms with E-state index in [0.717, 1.165) is 40.9 Å². The van der Waals surface area contributed by atoms with Crippen molar-refractivity contribution in [2.75, 3.05) is 11.9 Å². The summed E-state index contributed by atoms with van der Waals surface area (Å²) in [4.78, 5) is 12.7. The van der Waals surface area contributed by atoms with Crippen LogP contribution in [0.5, 0.6) is 5.75 Å². The third-order valence-electron chi connectivity index (χ3n) is 5.68. The number of amides is 1. The quantitative estimate of drug-likeness (QED) is 0.409. The van der Waals surface area contributed by atoms with Crippen molar-refractivity contribution in [2.45, 2.75) is 46.2 Å². The van der Waals surface area contributed by atoms with Gasteiger partial charge in [-0.05, 0) is 85.2 Å². The summed E-state index contributed by atoms with van der Waals surface area (Å²) in [7, 11) is 0. The van der Waals surface area contributed by atoms with Crippen LogP contribution >= 0.6 is 0 Å². The molecule has 3 rings (SSSR count). The summed E-state index contributed by atoms with van der Waals surface area (Å²) in [6.45, 7) is 7.11. The van der Waals surface area contributed by atoms with Crippen molar-refractivity contribution < 1.29 is 9.90 Å². The maximum Gasteiger partial charge on any atom is 0.237 e. The van der Waals surface area contributed by atoms with Crippen molar-refractivity contribution in [1.29, 1.82) is 0 Å². The van der Waals surface area contributed by atoms with Crippen molar-refractivity contribution in [3.05, 3.63) is 94.0 Å². The van der Waals surface area contributed by atoms with Crippen LogP contribution in [-0.2, 0) is 24.2 Å². The fraction of sp³-hybridized carbons (Fsp3) is 0.296. The Hall–Kier alpha value is -3.31. The molecule has 1 atom stereocenters. The van der Waals surface area contributed by atoms with E-state index >= 15 is 0 Å². The SMILES string of the molecule is CCNc1ccc(Cc2ccccc2)cc1CNC(=O)[C@@H](N)Cc1c(C)cc(O)cc1C. The smallest absolute Gasteiger partial charge is 0.237 e. The van der Waals surface area contributed by atoms with Gasteiger partial charge >= 0.3 is 0 Å². The number of carbonyl (C=O) groups is 1. The standard InChI is InChI=1S/C27H33N3O2/c1-4-29-26-11-10-21(14-20-8-6-5-7-9-20)15-22(26)17-30-27(32)25(28)16-24-18(2)12-23(31)13-19(24)3/h5-13,15,25,29,31H,4,14,16-17,28H2,1-3H3,(H,30,32)/t25-/m0/s1. The number of phenolic OH excluding ortho intramolecular Hbond substituents is 1. The molecule has 3 aromatic carbocycles. The summed E-state index contributed by atoms with van der Waals surface area (Å²) in [5, 5.41) is 16.1. The number of phenols is 1. The molecule has 5 N–H and O–H groups in total. The van der Waals surface area contributed by atoms with E-state index in [2.05, 4.69) is 47.9 Å². The Bertz CT molecular complexity index is 1040. The van der Waals surface area contributed by atoms with E-state index in [1.165, 1.54) is 11.1 Å². The highest BCUT2D eigenvalue weighted by Crippen LogP contribution is 2.22. The first-order chi connectivity index (χ1) is 15.4. The van der Waals surface area contributed by atoms with Gasteiger partial charge in [0.1, 0.15) is 5.75 Å². The molecule has 5 heteroatoms. The Balaban J connectivity index is 1.69. The molecule has 0 aliphatic rings. The first kappa shape index (κ1) is 23.4. The van der Waals surface area contributed by atoms with Gasteiger partial charge in [-0.3, -0.25) is 4.79 Å². The number of anilines is 1. The van der Waals surface area contributed by atoms with Crippen LogP contribution < -0.4 is 16.4 Å².